The van der Waals surface area contributed by atoms with Crippen molar-refractivity contribution in [3.05, 3.63) is 18.5 Å². The number of imide groups is 1. The summed E-state index contributed by atoms with van der Waals surface area (Å²) in [5.74, 6) is 0.0957. The fourth-order valence-corrected chi connectivity index (χ4v) is 3.07. The van der Waals surface area contributed by atoms with Gasteiger partial charge in [0.2, 0.25) is 5.91 Å². The fraction of sp³-hybridized carbons (Fsp3) is 0.600. The molecule has 1 N–H and O–H groups in total. The standard InChI is InChI=1S/C15H21N5O3/c21-13-10-16-15(23)20(13)11-14(22)18-7-2-12(3-8-18)4-9-19-6-1-5-17-19/h1,5-6,12H,2-4,7-11H2,(H,16,23). The number of carbonyl (C=O) groups excluding carboxylic acids is 3. The Morgan fingerprint density at radius 1 is 1.30 bits per heavy atom. The van der Waals surface area contributed by atoms with Crippen molar-refractivity contribution >= 4 is 17.8 Å². The van der Waals surface area contributed by atoms with Crippen LogP contribution in [0.4, 0.5) is 4.79 Å². The van der Waals surface area contributed by atoms with Crippen LogP contribution in [0.2, 0.25) is 0 Å². The number of nitrogens with zero attached hydrogens (tertiary/aromatic N) is 4. The van der Waals surface area contributed by atoms with Crippen LogP contribution in [0.15, 0.2) is 18.5 Å². The topological polar surface area (TPSA) is 87.5 Å². The quantitative estimate of drug-likeness (QED) is 0.778. The maximum absolute atomic E-state index is 12.2. The summed E-state index contributed by atoms with van der Waals surface area (Å²) in [6.07, 6.45) is 6.69. The minimum atomic E-state index is -0.475. The van der Waals surface area contributed by atoms with Crippen LogP contribution < -0.4 is 5.32 Å². The third kappa shape index (κ3) is 3.69. The maximum atomic E-state index is 12.2. The zero-order valence-electron chi connectivity index (χ0n) is 13.0. The van der Waals surface area contributed by atoms with Crippen molar-refractivity contribution in [1.29, 1.82) is 0 Å². The van der Waals surface area contributed by atoms with Gasteiger partial charge in [-0.25, -0.2) is 4.79 Å². The molecule has 2 saturated heterocycles. The number of urea groups is 1. The van der Waals surface area contributed by atoms with E-state index in [4.69, 9.17) is 0 Å². The van der Waals surface area contributed by atoms with E-state index in [1.165, 1.54) is 0 Å². The van der Waals surface area contributed by atoms with Crippen LogP contribution in [-0.2, 0) is 16.1 Å². The Hall–Kier alpha value is -2.38. The molecule has 3 rings (SSSR count). The highest BCUT2D eigenvalue weighted by atomic mass is 16.2. The molecule has 0 atom stereocenters. The number of aryl methyl sites for hydroxylation is 1. The lowest BCUT2D eigenvalue weighted by Gasteiger charge is -2.32. The number of hydrogen-bond acceptors (Lipinski definition) is 4. The van der Waals surface area contributed by atoms with Gasteiger partial charge in [-0.05, 0) is 31.2 Å². The lowest BCUT2D eigenvalue weighted by atomic mass is 9.93. The molecule has 0 aliphatic carbocycles. The summed E-state index contributed by atoms with van der Waals surface area (Å²) < 4.78 is 1.93. The van der Waals surface area contributed by atoms with Crippen molar-refractivity contribution in [3.8, 4) is 0 Å². The molecule has 2 fully saturated rings. The summed E-state index contributed by atoms with van der Waals surface area (Å²) in [6.45, 7) is 2.11. The minimum absolute atomic E-state index is 0.0123. The summed E-state index contributed by atoms with van der Waals surface area (Å²) in [6, 6.07) is 1.44. The second-order valence-corrected chi connectivity index (χ2v) is 6.02. The first-order valence-corrected chi connectivity index (χ1v) is 7.97. The highest BCUT2D eigenvalue weighted by Crippen LogP contribution is 2.21. The van der Waals surface area contributed by atoms with Crippen molar-refractivity contribution in [2.45, 2.75) is 25.8 Å². The van der Waals surface area contributed by atoms with Crippen LogP contribution in [0.1, 0.15) is 19.3 Å². The number of likely N-dealkylation sites (tertiary alicyclic amines) is 1. The van der Waals surface area contributed by atoms with Gasteiger partial charge in [0.15, 0.2) is 0 Å². The molecule has 0 radical (unpaired) electrons. The van der Waals surface area contributed by atoms with E-state index < -0.39 is 6.03 Å². The summed E-state index contributed by atoms with van der Waals surface area (Å²) in [5, 5.41) is 6.62. The van der Waals surface area contributed by atoms with Crippen molar-refractivity contribution in [2.24, 2.45) is 5.92 Å². The smallest absolute Gasteiger partial charge is 0.325 e. The lowest BCUT2D eigenvalue weighted by molar-refractivity contribution is -0.137. The number of aromatic nitrogens is 2. The molecule has 8 heteroatoms. The molecular weight excluding hydrogens is 298 g/mol. The minimum Gasteiger partial charge on any atom is -0.341 e. The monoisotopic (exact) mass is 319 g/mol. The first-order valence-electron chi connectivity index (χ1n) is 7.97. The Bertz CT molecular complexity index is 562. The zero-order chi connectivity index (χ0) is 16.2. The van der Waals surface area contributed by atoms with Gasteiger partial charge in [0, 0.05) is 32.0 Å². The number of rotatable bonds is 5. The molecule has 0 unspecified atom stereocenters. The first kappa shape index (κ1) is 15.5. The maximum Gasteiger partial charge on any atom is 0.325 e. The largest absolute Gasteiger partial charge is 0.341 e. The predicted molar refractivity (Wildman–Crippen MR) is 81.3 cm³/mol. The number of nitrogens with one attached hydrogen (secondary N) is 1. The van der Waals surface area contributed by atoms with Crippen LogP contribution in [0.3, 0.4) is 0 Å². The van der Waals surface area contributed by atoms with Crippen LogP contribution in [0.25, 0.3) is 0 Å². The van der Waals surface area contributed by atoms with Gasteiger partial charge >= 0.3 is 6.03 Å². The van der Waals surface area contributed by atoms with E-state index in [1.54, 1.807) is 11.1 Å². The molecule has 1 aromatic rings. The fourth-order valence-electron chi connectivity index (χ4n) is 3.07. The van der Waals surface area contributed by atoms with Gasteiger partial charge in [-0.15, -0.1) is 0 Å². The second kappa shape index (κ2) is 6.80. The van der Waals surface area contributed by atoms with Crippen molar-refractivity contribution < 1.29 is 14.4 Å². The third-order valence-electron chi connectivity index (χ3n) is 4.52. The number of piperidine rings is 1. The van der Waals surface area contributed by atoms with Gasteiger partial charge in [-0.1, -0.05) is 0 Å². The molecule has 23 heavy (non-hydrogen) atoms. The molecule has 1 aromatic heterocycles. The van der Waals surface area contributed by atoms with Gasteiger partial charge in [0.05, 0.1) is 6.54 Å². The van der Waals surface area contributed by atoms with E-state index in [0.717, 1.165) is 30.7 Å². The van der Waals surface area contributed by atoms with E-state index in [0.29, 0.717) is 19.0 Å². The van der Waals surface area contributed by atoms with Crippen molar-refractivity contribution in [3.63, 3.8) is 0 Å². The van der Waals surface area contributed by atoms with Gasteiger partial charge < -0.3 is 10.2 Å². The highest BCUT2D eigenvalue weighted by Gasteiger charge is 2.32. The highest BCUT2D eigenvalue weighted by molar-refractivity contribution is 6.04. The third-order valence-corrected chi connectivity index (χ3v) is 4.52. The molecule has 0 saturated carbocycles. The van der Waals surface area contributed by atoms with Crippen LogP contribution in [0.5, 0.6) is 0 Å². The summed E-state index contributed by atoms with van der Waals surface area (Å²) in [5.41, 5.74) is 0. The van der Waals surface area contributed by atoms with E-state index in [9.17, 15) is 14.4 Å². The van der Waals surface area contributed by atoms with E-state index >= 15 is 0 Å². The first-order chi connectivity index (χ1) is 11.1. The average Bonchev–Trinajstić information content (AvgIpc) is 3.18. The van der Waals surface area contributed by atoms with Gasteiger partial charge in [0.1, 0.15) is 6.54 Å². The SMILES string of the molecule is O=C(CN1C(=O)CNC1=O)N1CCC(CCn2cccn2)CC1. The molecule has 0 bridgehead atoms. The molecular formula is C15H21N5O3. The molecule has 8 nitrogen and oxygen atoms in total. The van der Waals surface area contributed by atoms with Crippen molar-refractivity contribution in [2.75, 3.05) is 26.2 Å². The van der Waals surface area contributed by atoms with Crippen LogP contribution >= 0.6 is 0 Å². The Labute approximate surface area is 134 Å². The van der Waals surface area contributed by atoms with E-state index in [2.05, 4.69) is 10.4 Å². The molecule has 0 spiro atoms. The Kier molecular flexibility index (Phi) is 4.59. The summed E-state index contributed by atoms with van der Waals surface area (Å²) >= 11 is 0. The van der Waals surface area contributed by atoms with Gasteiger partial charge in [0.25, 0.3) is 5.91 Å². The molecule has 0 aromatic carbocycles. The van der Waals surface area contributed by atoms with Gasteiger partial charge in [-0.2, -0.15) is 5.10 Å². The van der Waals surface area contributed by atoms with Crippen molar-refractivity contribution in [1.82, 2.24) is 24.9 Å². The van der Waals surface area contributed by atoms with Gasteiger partial charge in [-0.3, -0.25) is 19.2 Å². The summed E-state index contributed by atoms with van der Waals surface area (Å²) in [7, 11) is 0. The number of hydrogen-bond donors (Lipinski definition) is 1. The number of carbonyl (C=O) groups is 3. The Morgan fingerprint density at radius 3 is 2.70 bits per heavy atom. The van der Waals surface area contributed by atoms with Crippen LogP contribution in [-0.4, -0.2) is 63.6 Å². The van der Waals surface area contributed by atoms with E-state index in [-0.39, 0.29) is 24.9 Å². The Morgan fingerprint density at radius 2 is 2.09 bits per heavy atom. The number of amides is 4. The lowest BCUT2D eigenvalue weighted by Crippen LogP contribution is -2.46. The zero-order valence-corrected chi connectivity index (χ0v) is 13.0. The Balaban J connectivity index is 1.42. The summed E-state index contributed by atoms with van der Waals surface area (Å²) in [4.78, 5) is 38.0. The molecule has 3 heterocycles. The molecule has 2 aliphatic rings. The average molecular weight is 319 g/mol. The predicted octanol–water partition coefficient (Wildman–Crippen LogP) is 0.0636. The van der Waals surface area contributed by atoms with E-state index in [1.807, 2.05) is 16.9 Å². The molecule has 4 amide bonds. The van der Waals surface area contributed by atoms with Crippen LogP contribution in [0, 0.1) is 5.92 Å². The second-order valence-electron chi connectivity index (χ2n) is 6.02. The normalized spacial score (nSPS) is 19.3. The molecule has 124 valence electrons. The molecule has 2 aliphatic heterocycles.